The third-order valence-corrected chi connectivity index (χ3v) is 5.14. The standard InChI is InChI=1S/C22H28N4O3/c27-21(16-7-8-16)23-12-13-25-22(24-11-9-17-4-3-14-28-17)26-19-10-15-29-20-6-2-1-5-18(19)20/h1-6,14,16,19H,7-13,15H2,(H,23,27)(H2,24,25,26). The van der Waals surface area contributed by atoms with E-state index in [1.54, 1.807) is 6.26 Å². The van der Waals surface area contributed by atoms with Gasteiger partial charge in [0.1, 0.15) is 11.5 Å². The van der Waals surface area contributed by atoms with Crippen molar-refractivity contribution in [3.05, 3.63) is 54.0 Å². The Kier molecular flexibility index (Phi) is 6.34. The number of ether oxygens (including phenoxy) is 1. The third kappa shape index (κ3) is 5.53. The van der Waals surface area contributed by atoms with Gasteiger partial charge in [-0.25, -0.2) is 0 Å². The van der Waals surface area contributed by atoms with Crippen LogP contribution in [0.4, 0.5) is 0 Å². The number of nitrogens with zero attached hydrogens (tertiary/aromatic N) is 1. The summed E-state index contributed by atoms with van der Waals surface area (Å²) in [5.41, 5.74) is 1.14. The molecule has 1 aromatic heterocycles. The molecule has 1 aliphatic heterocycles. The van der Waals surface area contributed by atoms with Crippen LogP contribution in [-0.4, -0.2) is 38.1 Å². The van der Waals surface area contributed by atoms with Crippen LogP contribution in [0, 0.1) is 5.92 Å². The number of fused-ring (bicyclic) bond motifs is 1. The molecule has 0 spiro atoms. The maximum atomic E-state index is 11.8. The predicted octanol–water partition coefficient (Wildman–Crippen LogP) is 2.41. The minimum absolute atomic E-state index is 0.135. The van der Waals surface area contributed by atoms with Crippen molar-refractivity contribution in [3.63, 3.8) is 0 Å². The lowest BCUT2D eigenvalue weighted by atomic mass is 10.0. The van der Waals surface area contributed by atoms with Gasteiger partial charge >= 0.3 is 0 Å². The van der Waals surface area contributed by atoms with Crippen LogP contribution in [0.2, 0.25) is 0 Å². The molecule has 7 nitrogen and oxygen atoms in total. The van der Waals surface area contributed by atoms with Crippen LogP contribution in [0.15, 0.2) is 52.1 Å². The zero-order valence-corrected chi connectivity index (χ0v) is 16.5. The summed E-state index contributed by atoms with van der Waals surface area (Å²) >= 11 is 0. The summed E-state index contributed by atoms with van der Waals surface area (Å²) in [7, 11) is 0. The van der Waals surface area contributed by atoms with Crippen molar-refractivity contribution in [2.45, 2.75) is 31.7 Å². The van der Waals surface area contributed by atoms with Crippen molar-refractivity contribution in [2.24, 2.45) is 10.9 Å². The summed E-state index contributed by atoms with van der Waals surface area (Å²) < 4.78 is 11.1. The highest BCUT2D eigenvalue weighted by Crippen LogP contribution is 2.31. The van der Waals surface area contributed by atoms with Crippen molar-refractivity contribution in [1.29, 1.82) is 0 Å². The molecule has 29 heavy (non-hydrogen) atoms. The smallest absolute Gasteiger partial charge is 0.223 e. The summed E-state index contributed by atoms with van der Waals surface area (Å²) in [4.78, 5) is 16.5. The van der Waals surface area contributed by atoms with E-state index in [2.05, 4.69) is 22.0 Å². The summed E-state index contributed by atoms with van der Waals surface area (Å²) in [6.07, 6.45) is 5.32. The maximum absolute atomic E-state index is 11.8. The highest BCUT2D eigenvalue weighted by atomic mass is 16.5. The maximum Gasteiger partial charge on any atom is 0.223 e. The monoisotopic (exact) mass is 396 g/mol. The molecular formula is C22H28N4O3. The fraction of sp³-hybridized carbons (Fsp3) is 0.455. The summed E-state index contributed by atoms with van der Waals surface area (Å²) in [5.74, 6) is 2.96. The molecule has 1 unspecified atom stereocenters. The number of amides is 1. The molecule has 0 saturated heterocycles. The number of carbonyl (C=O) groups is 1. The normalized spacial score (nSPS) is 18.5. The van der Waals surface area contributed by atoms with Crippen molar-refractivity contribution >= 4 is 11.9 Å². The third-order valence-electron chi connectivity index (χ3n) is 5.14. The molecule has 154 valence electrons. The first-order chi connectivity index (χ1) is 14.3. The molecule has 2 aromatic rings. The van der Waals surface area contributed by atoms with Gasteiger partial charge in [-0.15, -0.1) is 0 Å². The molecule has 2 heterocycles. The van der Waals surface area contributed by atoms with Crippen LogP contribution in [0.25, 0.3) is 0 Å². The minimum Gasteiger partial charge on any atom is -0.493 e. The second-order valence-corrected chi connectivity index (χ2v) is 7.42. The number of para-hydroxylation sites is 1. The molecule has 1 aliphatic carbocycles. The number of nitrogens with one attached hydrogen (secondary N) is 3. The molecule has 1 aromatic carbocycles. The number of benzene rings is 1. The Morgan fingerprint density at radius 2 is 1.93 bits per heavy atom. The van der Waals surface area contributed by atoms with E-state index in [9.17, 15) is 4.79 Å². The molecule has 1 saturated carbocycles. The fourth-order valence-electron chi connectivity index (χ4n) is 3.40. The Morgan fingerprint density at radius 3 is 2.76 bits per heavy atom. The van der Waals surface area contributed by atoms with E-state index in [0.717, 1.165) is 48.7 Å². The molecule has 0 radical (unpaired) electrons. The van der Waals surface area contributed by atoms with Gasteiger partial charge in [0.05, 0.1) is 18.9 Å². The number of carbonyl (C=O) groups excluding carboxylic acids is 1. The van der Waals surface area contributed by atoms with E-state index < -0.39 is 0 Å². The first-order valence-electron chi connectivity index (χ1n) is 10.4. The zero-order valence-electron chi connectivity index (χ0n) is 16.5. The molecule has 1 fully saturated rings. The van der Waals surface area contributed by atoms with E-state index in [0.29, 0.717) is 26.2 Å². The van der Waals surface area contributed by atoms with Crippen molar-refractivity contribution < 1.29 is 13.9 Å². The lowest BCUT2D eigenvalue weighted by Crippen LogP contribution is -2.44. The number of hydrogen-bond acceptors (Lipinski definition) is 4. The zero-order chi connectivity index (χ0) is 19.9. The van der Waals surface area contributed by atoms with Crippen LogP contribution < -0.4 is 20.7 Å². The highest BCUT2D eigenvalue weighted by Gasteiger charge is 2.29. The Bertz CT molecular complexity index is 830. The molecule has 7 heteroatoms. The van der Waals surface area contributed by atoms with Crippen LogP contribution in [0.5, 0.6) is 5.75 Å². The van der Waals surface area contributed by atoms with Gasteiger partial charge in [-0.1, -0.05) is 18.2 Å². The fourth-order valence-corrected chi connectivity index (χ4v) is 3.40. The van der Waals surface area contributed by atoms with Crippen LogP contribution in [0.1, 0.15) is 36.6 Å². The van der Waals surface area contributed by atoms with Gasteiger partial charge in [-0.2, -0.15) is 0 Å². The van der Waals surface area contributed by atoms with Gasteiger partial charge in [0.25, 0.3) is 0 Å². The topological polar surface area (TPSA) is 87.9 Å². The molecule has 3 N–H and O–H groups in total. The van der Waals surface area contributed by atoms with Gasteiger partial charge in [0.15, 0.2) is 5.96 Å². The van der Waals surface area contributed by atoms with E-state index in [4.69, 9.17) is 14.1 Å². The lowest BCUT2D eigenvalue weighted by molar-refractivity contribution is -0.122. The Hall–Kier alpha value is -2.96. The van der Waals surface area contributed by atoms with Gasteiger partial charge in [-0.05, 0) is 31.0 Å². The summed E-state index contributed by atoms with van der Waals surface area (Å²) in [6, 6.07) is 12.1. The first kappa shape index (κ1) is 19.4. The Morgan fingerprint density at radius 1 is 1.07 bits per heavy atom. The van der Waals surface area contributed by atoms with Crippen molar-refractivity contribution in [2.75, 3.05) is 26.2 Å². The largest absolute Gasteiger partial charge is 0.493 e. The quantitative estimate of drug-likeness (QED) is 0.362. The van der Waals surface area contributed by atoms with Crippen LogP contribution in [-0.2, 0) is 11.2 Å². The van der Waals surface area contributed by atoms with E-state index in [1.165, 1.54) is 0 Å². The lowest BCUT2D eigenvalue weighted by Gasteiger charge is -2.28. The van der Waals surface area contributed by atoms with Crippen molar-refractivity contribution in [3.8, 4) is 5.75 Å². The van der Waals surface area contributed by atoms with Gasteiger partial charge in [0.2, 0.25) is 5.91 Å². The average Bonchev–Trinajstić information content (AvgIpc) is 3.47. The van der Waals surface area contributed by atoms with Crippen molar-refractivity contribution in [1.82, 2.24) is 16.0 Å². The van der Waals surface area contributed by atoms with Crippen LogP contribution in [0.3, 0.4) is 0 Å². The summed E-state index contributed by atoms with van der Waals surface area (Å²) in [5, 5.41) is 9.85. The molecule has 2 aliphatic rings. The average molecular weight is 396 g/mol. The van der Waals surface area contributed by atoms with Gasteiger partial charge < -0.3 is 25.1 Å². The van der Waals surface area contributed by atoms with Crippen LogP contribution >= 0.6 is 0 Å². The second-order valence-electron chi connectivity index (χ2n) is 7.42. The predicted molar refractivity (Wildman–Crippen MR) is 111 cm³/mol. The molecule has 1 atom stereocenters. The van der Waals surface area contributed by atoms with E-state index in [-0.39, 0.29) is 17.9 Å². The Labute approximate surface area is 170 Å². The number of furan rings is 1. The van der Waals surface area contributed by atoms with Gasteiger partial charge in [-0.3, -0.25) is 9.79 Å². The second kappa shape index (κ2) is 9.49. The first-order valence-corrected chi connectivity index (χ1v) is 10.4. The minimum atomic E-state index is 0.135. The molecule has 4 rings (SSSR count). The summed E-state index contributed by atoms with van der Waals surface area (Å²) in [6.45, 7) is 2.49. The SMILES string of the molecule is O=C(NCCNC(=NCCc1ccco1)NC1CCOc2ccccc21)C1CC1. The van der Waals surface area contributed by atoms with E-state index >= 15 is 0 Å². The molecule has 1 amide bonds. The number of hydrogen-bond donors (Lipinski definition) is 3. The van der Waals surface area contributed by atoms with E-state index in [1.807, 2.05) is 30.3 Å². The number of rotatable bonds is 8. The van der Waals surface area contributed by atoms with Gasteiger partial charge in [0, 0.05) is 44.0 Å². The Balaban J connectivity index is 1.35. The highest BCUT2D eigenvalue weighted by molar-refractivity contribution is 5.81. The molecule has 0 bridgehead atoms. The molecular weight excluding hydrogens is 368 g/mol. The number of aliphatic imine (C=N–C) groups is 1. The number of guanidine groups is 1.